The zero-order valence-electron chi connectivity index (χ0n) is 48.9. The molecule has 0 unspecified atom stereocenters. The van der Waals surface area contributed by atoms with Crippen molar-refractivity contribution in [2.24, 2.45) is 0 Å². The number of aliphatic hydroxyl groups is 1. The van der Waals surface area contributed by atoms with E-state index in [9.17, 15) is 34.6 Å². The van der Waals surface area contributed by atoms with Gasteiger partial charge in [0.05, 0.1) is 16.5 Å². The van der Waals surface area contributed by atoms with E-state index in [2.05, 4.69) is 40.8 Å². The number of nitro benzene ring substituents is 2. The predicted molar refractivity (Wildman–Crippen MR) is 323 cm³/mol. The van der Waals surface area contributed by atoms with Crippen LogP contribution < -0.4 is 9.47 Å². The lowest BCUT2D eigenvalue weighted by molar-refractivity contribution is -0.385. The molecule has 0 spiro atoms. The molecule has 81 heavy (non-hydrogen) atoms. The maximum atomic E-state index is 12.9. The monoisotopic (exact) mass is 1140 g/mol. The van der Waals surface area contributed by atoms with Crippen molar-refractivity contribution in [2.45, 2.75) is 119 Å². The van der Waals surface area contributed by atoms with Gasteiger partial charge in [0.2, 0.25) is 0 Å². The molecular formula is C63H85ClN6O11. The van der Waals surface area contributed by atoms with Gasteiger partial charge in [-0.3, -0.25) is 20.2 Å². The molecule has 1 N–H and O–H groups in total. The van der Waals surface area contributed by atoms with E-state index in [1.165, 1.54) is 48.5 Å². The molecule has 0 radical (unpaired) electrons. The van der Waals surface area contributed by atoms with Crippen molar-refractivity contribution in [1.82, 2.24) is 19.6 Å². The minimum atomic E-state index is -0.978. The number of halogens is 1. The highest BCUT2D eigenvalue weighted by atomic mass is 35.5. The number of hydrogen-bond acceptors (Lipinski definition) is 13. The van der Waals surface area contributed by atoms with Crippen LogP contribution in [0.25, 0.3) is 0 Å². The third-order valence-electron chi connectivity index (χ3n) is 11.8. The van der Waals surface area contributed by atoms with Crippen LogP contribution in [0.4, 0.5) is 25.8 Å². The van der Waals surface area contributed by atoms with Crippen molar-refractivity contribution in [2.75, 3.05) is 40.3 Å². The van der Waals surface area contributed by atoms with Gasteiger partial charge in [0.25, 0.3) is 11.4 Å². The first kappa shape index (κ1) is 71.3. The molecule has 17 nitrogen and oxygen atoms in total. The first-order chi connectivity index (χ1) is 39.3. The van der Waals surface area contributed by atoms with Crippen LogP contribution in [0, 0.1) is 20.2 Å². The molecule has 6 aromatic rings. The van der Waals surface area contributed by atoms with E-state index in [0.717, 1.165) is 74.1 Å². The molecule has 8 rings (SSSR count). The number of rotatable bonds is 13. The Morgan fingerprint density at radius 3 is 1.11 bits per heavy atom. The van der Waals surface area contributed by atoms with Crippen molar-refractivity contribution in [3.63, 3.8) is 0 Å². The summed E-state index contributed by atoms with van der Waals surface area (Å²) < 4.78 is 15.6. The number of hydrogen-bond donors (Lipinski definition) is 1. The molecule has 2 aliphatic rings. The highest BCUT2D eigenvalue weighted by Crippen LogP contribution is 2.24. The summed E-state index contributed by atoms with van der Waals surface area (Å²) in [5.74, 6) is 0.474. The highest BCUT2D eigenvalue weighted by molar-refractivity contribution is 6.61. The maximum Gasteiger partial charge on any atom is 0.415 e. The van der Waals surface area contributed by atoms with Crippen LogP contribution in [0.5, 0.6) is 11.5 Å². The van der Waals surface area contributed by atoms with Crippen molar-refractivity contribution < 1.29 is 43.5 Å². The minimum Gasteiger partial charge on any atom is -0.445 e. The number of carbonyl (C=O) groups is 3. The van der Waals surface area contributed by atoms with E-state index in [-0.39, 0.29) is 41.9 Å². The van der Waals surface area contributed by atoms with Gasteiger partial charge in [-0.25, -0.2) is 14.4 Å². The van der Waals surface area contributed by atoms with E-state index < -0.39 is 21.4 Å². The molecule has 0 atom stereocenters. The van der Waals surface area contributed by atoms with Gasteiger partial charge in [-0.05, 0) is 112 Å². The molecule has 18 heteroatoms. The fourth-order valence-corrected chi connectivity index (χ4v) is 7.86. The lowest BCUT2D eigenvalue weighted by Crippen LogP contribution is -2.47. The van der Waals surface area contributed by atoms with Crippen molar-refractivity contribution in [3.05, 3.63) is 212 Å². The number of benzene rings is 6. The maximum absolute atomic E-state index is 12.9. The van der Waals surface area contributed by atoms with Gasteiger partial charge >= 0.3 is 17.6 Å². The minimum absolute atomic E-state index is 0.0359. The first-order valence-electron chi connectivity index (χ1n) is 27.7. The quantitative estimate of drug-likeness (QED) is 0.0651. The third-order valence-corrected chi connectivity index (χ3v) is 11.9. The number of aliphatic hydroxyl groups excluding tert-OH is 1. The van der Waals surface area contributed by atoms with Gasteiger partial charge in [0.1, 0.15) is 18.1 Å². The number of ether oxygens (including phenoxy) is 3. The average Bonchev–Trinajstić information content (AvgIpc) is 3.53. The second-order valence-electron chi connectivity index (χ2n) is 17.2. The molecule has 2 heterocycles. The molecule has 0 bridgehead atoms. The second kappa shape index (κ2) is 43.1. The molecule has 0 saturated carbocycles. The Bertz CT molecular complexity index is 2590. The average molecular weight is 1140 g/mol. The van der Waals surface area contributed by atoms with Gasteiger partial charge in [-0.1, -0.05) is 177 Å². The summed E-state index contributed by atoms with van der Waals surface area (Å²) in [7, 11) is 4.21. The summed E-state index contributed by atoms with van der Waals surface area (Å²) in [6.45, 7) is 21.4. The van der Waals surface area contributed by atoms with Crippen LogP contribution in [-0.2, 0) is 31.0 Å². The van der Waals surface area contributed by atoms with Crippen molar-refractivity contribution in [3.8, 4) is 11.5 Å². The van der Waals surface area contributed by atoms with Crippen LogP contribution in [0.1, 0.15) is 103 Å². The van der Waals surface area contributed by atoms with Crippen LogP contribution >= 0.6 is 11.6 Å². The van der Waals surface area contributed by atoms with Gasteiger partial charge in [-0.15, -0.1) is 0 Å². The van der Waals surface area contributed by atoms with Crippen LogP contribution in [-0.4, -0.2) is 105 Å². The molecule has 2 fully saturated rings. The van der Waals surface area contributed by atoms with Gasteiger partial charge < -0.3 is 38.9 Å². The Kier molecular flexibility index (Phi) is 38.0. The number of non-ortho nitro benzene ring substituents is 2. The summed E-state index contributed by atoms with van der Waals surface area (Å²) in [5.41, 5.74) is 3.07. The molecule has 440 valence electrons. The summed E-state index contributed by atoms with van der Waals surface area (Å²) in [6.07, 6.45) is 3.11. The van der Waals surface area contributed by atoms with E-state index in [1.54, 1.807) is 4.90 Å². The van der Waals surface area contributed by atoms with Crippen LogP contribution in [0.2, 0.25) is 0 Å². The fourth-order valence-electron chi connectivity index (χ4n) is 7.77. The number of carbonyl (C=O) groups excluding carboxylic acids is 3. The SMILES string of the molecule is CC.CC.CC.CC.CN1CCC(N(Cc2ccccc2)C(=O)OCc2ccccc2)CC1.CN1CCC(N(Cc2ccccc2)C(=O)Oc2ccc([N+](=O)[O-])cc2)CC1.O=C(Cl)Oc1ccc([N+](=O)[O-])cc1.OCc1ccccc1. The molecule has 0 aromatic heterocycles. The van der Waals surface area contributed by atoms with E-state index in [4.69, 9.17) is 26.2 Å². The topological polar surface area (TPSA) is 198 Å². The number of likely N-dealkylation sites (tertiary alicyclic amines) is 2. The second-order valence-corrected chi connectivity index (χ2v) is 17.5. The Labute approximate surface area is 485 Å². The van der Waals surface area contributed by atoms with Crippen LogP contribution in [0.3, 0.4) is 0 Å². The van der Waals surface area contributed by atoms with Crippen molar-refractivity contribution >= 4 is 40.6 Å². The molecule has 2 amide bonds. The van der Waals surface area contributed by atoms with Gasteiger partial charge in [-0.2, -0.15) is 0 Å². The first-order valence-corrected chi connectivity index (χ1v) is 28.1. The lowest BCUT2D eigenvalue weighted by Gasteiger charge is -2.36. The Morgan fingerprint density at radius 1 is 0.494 bits per heavy atom. The summed E-state index contributed by atoms with van der Waals surface area (Å²) in [5, 5.41) is 29.5. The van der Waals surface area contributed by atoms with E-state index >= 15 is 0 Å². The molecule has 0 aliphatic carbocycles. The molecule has 2 saturated heterocycles. The fraction of sp³-hybridized carbons (Fsp3) is 0.381. The Hall–Kier alpha value is -7.70. The van der Waals surface area contributed by atoms with E-state index in [0.29, 0.717) is 25.4 Å². The highest BCUT2D eigenvalue weighted by Gasteiger charge is 2.30. The Balaban J connectivity index is 0.000000555. The Morgan fingerprint density at radius 2 is 0.802 bits per heavy atom. The summed E-state index contributed by atoms with van der Waals surface area (Å²) >= 11 is 4.92. The molecular weight excluding hydrogens is 1050 g/mol. The van der Waals surface area contributed by atoms with Crippen molar-refractivity contribution in [1.29, 1.82) is 0 Å². The number of amides is 2. The van der Waals surface area contributed by atoms with E-state index in [1.807, 2.05) is 169 Å². The summed E-state index contributed by atoms with van der Waals surface area (Å²) in [4.78, 5) is 64.1. The largest absolute Gasteiger partial charge is 0.445 e. The standard InChI is InChI=1S/C21H26N2O2.C20H23N3O4.C7H4ClNO4.C7H8O.4C2H6/c1-22-14-12-20(13-15-22)23(16-18-8-4-2-5-9-18)21(24)25-17-19-10-6-3-7-11-19;1-21-13-11-17(12-14-21)22(15-16-5-3-2-4-6-16)20(24)27-19-9-7-18(8-10-19)23(25)26;8-7(10)13-6-3-1-5(2-4-6)9(11)12;8-6-7-4-2-1-3-5-7;4*1-2/h2-11,20H,12-17H2,1H3;2-10,17H,11-15H2,1H3;1-4H;1-5,8H,6H2;4*1-2H3. The number of nitrogens with zero attached hydrogens (tertiary/aromatic N) is 6. The number of nitro groups is 2. The number of piperidine rings is 2. The van der Waals surface area contributed by atoms with Crippen LogP contribution in [0.15, 0.2) is 170 Å². The zero-order valence-corrected chi connectivity index (χ0v) is 49.7. The summed E-state index contributed by atoms with van der Waals surface area (Å²) in [6, 6.07) is 50.2. The molecule has 2 aliphatic heterocycles. The third kappa shape index (κ3) is 28.8. The predicted octanol–water partition coefficient (Wildman–Crippen LogP) is 15.2. The smallest absolute Gasteiger partial charge is 0.415 e. The normalized spacial score (nSPS) is 12.6. The van der Waals surface area contributed by atoms with Gasteiger partial charge in [0.15, 0.2) is 0 Å². The van der Waals surface area contributed by atoms with Gasteiger partial charge in [0, 0.05) is 61.0 Å². The lowest BCUT2D eigenvalue weighted by atomic mass is 10.0. The molecule has 6 aromatic carbocycles. The zero-order chi connectivity index (χ0) is 60.4.